The third-order valence-corrected chi connectivity index (χ3v) is 5.84. The van der Waals surface area contributed by atoms with Gasteiger partial charge in [-0.15, -0.1) is 0 Å². The maximum Gasteiger partial charge on any atom is 0.337 e. The van der Waals surface area contributed by atoms with Gasteiger partial charge in [-0.3, -0.25) is 4.79 Å². The number of ether oxygens (including phenoxy) is 1. The fourth-order valence-electron chi connectivity index (χ4n) is 2.36. The topological polar surface area (TPSA) is 105 Å². The lowest BCUT2D eigenvalue weighted by atomic mass is 10.1. The highest BCUT2D eigenvalue weighted by molar-refractivity contribution is 7.89. The summed E-state index contributed by atoms with van der Waals surface area (Å²) in [6, 6.07) is 10.9. The molecular formula is C19H23N3O5S. The monoisotopic (exact) mass is 405 g/mol. The number of aryl methyl sites for hydroxylation is 1. The van der Waals surface area contributed by atoms with Crippen LogP contribution in [0.3, 0.4) is 0 Å². The molecule has 2 N–H and O–H groups in total. The molecule has 0 spiro atoms. The number of methoxy groups -OCH3 is 1. The van der Waals surface area contributed by atoms with Gasteiger partial charge in [0, 0.05) is 25.5 Å². The number of hydrogen-bond donors (Lipinski definition) is 2. The van der Waals surface area contributed by atoms with Crippen molar-refractivity contribution in [3.05, 3.63) is 53.6 Å². The van der Waals surface area contributed by atoms with E-state index >= 15 is 0 Å². The van der Waals surface area contributed by atoms with E-state index in [1.54, 1.807) is 18.2 Å². The van der Waals surface area contributed by atoms with E-state index in [1.165, 1.54) is 45.5 Å². The molecule has 8 nitrogen and oxygen atoms in total. The molecule has 2 aromatic carbocycles. The van der Waals surface area contributed by atoms with E-state index in [-0.39, 0.29) is 17.3 Å². The van der Waals surface area contributed by atoms with Gasteiger partial charge in [-0.2, -0.15) is 0 Å². The first-order valence-electron chi connectivity index (χ1n) is 8.40. The number of carbonyl (C=O) groups is 2. The van der Waals surface area contributed by atoms with E-state index in [0.717, 1.165) is 9.87 Å². The minimum atomic E-state index is -3.52. The van der Waals surface area contributed by atoms with Gasteiger partial charge in [0.2, 0.25) is 15.9 Å². The standard InChI is InChI=1S/C19H23N3O5S/c1-13-5-6-14(19(24)27-4)11-17(13)20-12-18(23)21-15-7-9-16(10-8-15)28(25,26)22(2)3/h5-11,20H,12H2,1-4H3,(H,21,23). The van der Waals surface area contributed by atoms with Gasteiger partial charge in [0.1, 0.15) is 0 Å². The van der Waals surface area contributed by atoms with Crippen LogP contribution in [0.5, 0.6) is 0 Å². The summed E-state index contributed by atoms with van der Waals surface area (Å²) in [6.45, 7) is 1.83. The summed E-state index contributed by atoms with van der Waals surface area (Å²) in [5, 5.41) is 5.67. The highest BCUT2D eigenvalue weighted by Crippen LogP contribution is 2.18. The van der Waals surface area contributed by atoms with Crippen LogP contribution in [-0.4, -0.2) is 52.3 Å². The minimum Gasteiger partial charge on any atom is -0.465 e. The molecule has 28 heavy (non-hydrogen) atoms. The Morgan fingerprint density at radius 2 is 1.71 bits per heavy atom. The Kier molecular flexibility index (Phi) is 6.76. The van der Waals surface area contributed by atoms with E-state index in [1.807, 2.05) is 6.92 Å². The van der Waals surface area contributed by atoms with E-state index in [0.29, 0.717) is 16.9 Å². The molecule has 0 saturated carbocycles. The van der Waals surface area contributed by atoms with Gasteiger partial charge in [0.05, 0.1) is 24.1 Å². The minimum absolute atomic E-state index is 0.0246. The third kappa shape index (κ3) is 5.08. The van der Waals surface area contributed by atoms with Crippen LogP contribution < -0.4 is 10.6 Å². The molecule has 2 aromatic rings. The molecule has 0 aromatic heterocycles. The molecule has 0 unspecified atom stereocenters. The number of benzene rings is 2. The zero-order chi connectivity index (χ0) is 20.9. The van der Waals surface area contributed by atoms with Gasteiger partial charge >= 0.3 is 5.97 Å². The lowest BCUT2D eigenvalue weighted by molar-refractivity contribution is -0.114. The number of anilines is 2. The Labute approximate surface area is 164 Å². The summed E-state index contributed by atoms with van der Waals surface area (Å²) < 4.78 is 29.9. The van der Waals surface area contributed by atoms with Crippen LogP contribution >= 0.6 is 0 Å². The second-order valence-corrected chi connectivity index (χ2v) is 8.39. The fraction of sp³-hybridized carbons (Fsp3) is 0.263. The maximum atomic E-state index is 12.2. The summed E-state index contributed by atoms with van der Waals surface area (Å²) in [5.74, 6) is -0.772. The summed E-state index contributed by atoms with van der Waals surface area (Å²) in [7, 11) is 0.692. The van der Waals surface area contributed by atoms with E-state index < -0.39 is 16.0 Å². The molecule has 0 aliphatic heterocycles. The molecule has 2 rings (SSSR count). The van der Waals surface area contributed by atoms with Crippen molar-refractivity contribution in [2.75, 3.05) is 38.4 Å². The number of esters is 1. The van der Waals surface area contributed by atoms with E-state index in [2.05, 4.69) is 10.6 Å². The smallest absolute Gasteiger partial charge is 0.337 e. The van der Waals surface area contributed by atoms with Crippen molar-refractivity contribution in [1.29, 1.82) is 0 Å². The number of carbonyl (C=O) groups excluding carboxylic acids is 2. The summed E-state index contributed by atoms with van der Waals surface area (Å²) in [6.07, 6.45) is 0. The summed E-state index contributed by atoms with van der Waals surface area (Å²) in [5.41, 5.74) is 2.38. The van der Waals surface area contributed by atoms with Crippen LogP contribution in [0.2, 0.25) is 0 Å². The normalized spacial score (nSPS) is 11.2. The molecule has 1 amide bonds. The summed E-state index contributed by atoms with van der Waals surface area (Å²) >= 11 is 0. The SMILES string of the molecule is COC(=O)c1ccc(C)c(NCC(=O)Nc2ccc(S(=O)(=O)N(C)C)cc2)c1. The number of amides is 1. The fourth-order valence-corrected chi connectivity index (χ4v) is 3.26. The molecular weight excluding hydrogens is 382 g/mol. The lowest BCUT2D eigenvalue weighted by Crippen LogP contribution is -2.23. The molecule has 0 atom stereocenters. The highest BCUT2D eigenvalue weighted by atomic mass is 32.2. The molecule has 0 radical (unpaired) electrons. The first kappa shape index (κ1) is 21.4. The average Bonchev–Trinajstić information content (AvgIpc) is 2.67. The molecule has 150 valence electrons. The Bertz CT molecular complexity index is 970. The van der Waals surface area contributed by atoms with Crippen molar-refractivity contribution in [2.45, 2.75) is 11.8 Å². The van der Waals surface area contributed by atoms with Crippen LogP contribution in [0.4, 0.5) is 11.4 Å². The highest BCUT2D eigenvalue weighted by Gasteiger charge is 2.16. The Hall–Kier alpha value is -2.91. The Balaban J connectivity index is 2.01. The van der Waals surface area contributed by atoms with Gasteiger partial charge in [0.25, 0.3) is 0 Å². The second-order valence-electron chi connectivity index (χ2n) is 6.23. The van der Waals surface area contributed by atoms with Crippen molar-refractivity contribution in [3.63, 3.8) is 0 Å². The zero-order valence-corrected chi connectivity index (χ0v) is 17.0. The van der Waals surface area contributed by atoms with Crippen molar-refractivity contribution in [2.24, 2.45) is 0 Å². The van der Waals surface area contributed by atoms with Gasteiger partial charge in [-0.1, -0.05) is 6.07 Å². The molecule has 0 aliphatic carbocycles. The van der Waals surface area contributed by atoms with Gasteiger partial charge in [-0.25, -0.2) is 17.5 Å². The number of hydrogen-bond acceptors (Lipinski definition) is 6. The van der Waals surface area contributed by atoms with E-state index in [4.69, 9.17) is 4.74 Å². The lowest BCUT2D eigenvalue weighted by Gasteiger charge is -2.13. The van der Waals surface area contributed by atoms with Crippen LogP contribution in [0, 0.1) is 6.92 Å². The van der Waals surface area contributed by atoms with Crippen molar-refractivity contribution < 1.29 is 22.7 Å². The second kappa shape index (κ2) is 8.85. The molecule has 0 saturated heterocycles. The summed E-state index contributed by atoms with van der Waals surface area (Å²) in [4.78, 5) is 23.9. The average molecular weight is 405 g/mol. The zero-order valence-electron chi connectivity index (χ0n) is 16.1. The van der Waals surface area contributed by atoms with Gasteiger partial charge in [0.15, 0.2) is 0 Å². The van der Waals surface area contributed by atoms with Crippen LogP contribution in [0.15, 0.2) is 47.4 Å². The molecule has 0 fully saturated rings. The van der Waals surface area contributed by atoms with Crippen LogP contribution in [0.25, 0.3) is 0 Å². The maximum absolute atomic E-state index is 12.2. The molecule has 0 heterocycles. The van der Waals surface area contributed by atoms with Gasteiger partial charge in [-0.05, 0) is 48.9 Å². The van der Waals surface area contributed by atoms with Crippen LogP contribution in [-0.2, 0) is 19.6 Å². The third-order valence-electron chi connectivity index (χ3n) is 4.01. The van der Waals surface area contributed by atoms with Crippen molar-refractivity contribution >= 4 is 33.3 Å². The van der Waals surface area contributed by atoms with Crippen molar-refractivity contribution in [3.8, 4) is 0 Å². The number of nitrogens with zero attached hydrogens (tertiary/aromatic N) is 1. The predicted octanol–water partition coefficient (Wildman–Crippen LogP) is 2.08. The Morgan fingerprint density at radius 3 is 2.29 bits per heavy atom. The number of rotatable bonds is 7. The first-order chi connectivity index (χ1) is 13.1. The van der Waals surface area contributed by atoms with E-state index in [9.17, 15) is 18.0 Å². The molecule has 0 aliphatic rings. The Morgan fingerprint density at radius 1 is 1.07 bits per heavy atom. The van der Waals surface area contributed by atoms with Crippen molar-refractivity contribution in [1.82, 2.24) is 4.31 Å². The first-order valence-corrected chi connectivity index (χ1v) is 9.84. The molecule has 0 bridgehead atoms. The predicted molar refractivity (Wildman–Crippen MR) is 107 cm³/mol. The van der Waals surface area contributed by atoms with Gasteiger partial charge < -0.3 is 15.4 Å². The quantitative estimate of drug-likeness (QED) is 0.684. The van der Waals surface area contributed by atoms with Crippen LogP contribution in [0.1, 0.15) is 15.9 Å². The number of sulfonamides is 1. The largest absolute Gasteiger partial charge is 0.465 e. The number of nitrogens with one attached hydrogen (secondary N) is 2. The molecule has 9 heteroatoms.